The number of esters is 4. The van der Waals surface area contributed by atoms with Gasteiger partial charge in [0.15, 0.2) is 12.2 Å². The van der Waals surface area contributed by atoms with Gasteiger partial charge in [0.25, 0.3) is 0 Å². The van der Waals surface area contributed by atoms with Gasteiger partial charge in [-0.25, -0.2) is 9.13 Å². The van der Waals surface area contributed by atoms with E-state index in [4.69, 9.17) is 37.0 Å². The predicted octanol–water partition coefficient (Wildman–Crippen LogP) is 22.4. The van der Waals surface area contributed by atoms with Gasteiger partial charge >= 0.3 is 39.5 Å². The van der Waals surface area contributed by atoms with E-state index in [-0.39, 0.29) is 25.7 Å². The normalized spacial score (nSPS) is 14.1. The number of hydrogen-bond donors (Lipinski definition) is 3. The van der Waals surface area contributed by atoms with Crippen molar-refractivity contribution in [3.05, 3.63) is 0 Å². The second kappa shape index (κ2) is 66.3. The average Bonchev–Trinajstić information content (AvgIpc) is 1.27. The largest absolute Gasteiger partial charge is 0.472 e. The first-order chi connectivity index (χ1) is 46.1. The number of unbranched alkanes of at least 4 members (excludes halogenated alkanes) is 40. The Labute approximate surface area is 588 Å². The summed E-state index contributed by atoms with van der Waals surface area (Å²) in [5.41, 5.74) is 0. The first-order valence-corrected chi connectivity index (χ1v) is 42.7. The molecule has 0 bridgehead atoms. The number of rotatable bonds is 74. The minimum absolute atomic E-state index is 0.105. The fourth-order valence-corrected chi connectivity index (χ4v) is 13.3. The van der Waals surface area contributed by atoms with Gasteiger partial charge in [-0.05, 0) is 49.4 Å². The Kier molecular flexibility index (Phi) is 65.0. The van der Waals surface area contributed by atoms with Gasteiger partial charge in [-0.2, -0.15) is 0 Å². The zero-order valence-corrected chi connectivity index (χ0v) is 64.8. The summed E-state index contributed by atoms with van der Waals surface area (Å²) in [6.45, 7) is 14.2. The van der Waals surface area contributed by atoms with Crippen LogP contribution in [0.5, 0.6) is 0 Å². The minimum Gasteiger partial charge on any atom is -0.462 e. The molecule has 0 radical (unpaired) electrons. The van der Waals surface area contributed by atoms with E-state index in [0.29, 0.717) is 31.6 Å². The van der Waals surface area contributed by atoms with Crippen molar-refractivity contribution in [2.24, 2.45) is 23.7 Å². The lowest BCUT2D eigenvalue weighted by molar-refractivity contribution is -0.161. The standard InChI is InChI=1S/C77H150O17P2/c1-67(2)53-45-37-29-22-16-13-11-9-10-12-14-18-26-34-43-51-59-76(81)93-72(63-87-74(79)57-49-41-33-25-19-15-17-23-30-38-46-54-68(3)4)65-91-95(83,84)89-61-71(78)62-90-96(85,86)92-66-73(64-88-75(80)58-50-42-36-28-32-40-48-56-70(7)8)94-77(82)60-52-44-35-27-21-20-24-31-39-47-55-69(5)6/h67-73,78H,9-66H2,1-8H3,(H,83,84)(H,85,86)/t71?,72-,73-/m1/s1. The van der Waals surface area contributed by atoms with Crippen molar-refractivity contribution < 1.29 is 80.2 Å². The van der Waals surface area contributed by atoms with Crippen molar-refractivity contribution in [2.75, 3.05) is 39.6 Å². The minimum atomic E-state index is -4.96. The molecule has 0 saturated heterocycles. The van der Waals surface area contributed by atoms with Crippen molar-refractivity contribution in [1.29, 1.82) is 0 Å². The van der Waals surface area contributed by atoms with Crippen LogP contribution in [0.1, 0.15) is 389 Å². The molecule has 0 aromatic carbocycles. The van der Waals surface area contributed by atoms with E-state index in [1.165, 1.54) is 186 Å². The van der Waals surface area contributed by atoms with Gasteiger partial charge in [-0.3, -0.25) is 37.3 Å². The average molecular weight is 1410 g/mol. The topological polar surface area (TPSA) is 237 Å². The van der Waals surface area contributed by atoms with Gasteiger partial charge in [-0.15, -0.1) is 0 Å². The molecule has 0 fully saturated rings. The van der Waals surface area contributed by atoms with Crippen LogP contribution < -0.4 is 0 Å². The molecule has 5 atom stereocenters. The third kappa shape index (κ3) is 70.5. The number of phosphoric ester groups is 2. The number of carbonyl (C=O) groups is 4. The van der Waals surface area contributed by atoms with Gasteiger partial charge in [0, 0.05) is 25.7 Å². The third-order valence-corrected chi connectivity index (χ3v) is 19.7. The van der Waals surface area contributed by atoms with Crippen LogP contribution in [0.25, 0.3) is 0 Å². The number of ether oxygens (including phenoxy) is 4. The van der Waals surface area contributed by atoms with Crippen LogP contribution in [-0.2, 0) is 65.4 Å². The van der Waals surface area contributed by atoms with Crippen LogP contribution >= 0.6 is 15.6 Å². The van der Waals surface area contributed by atoms with E-state index in [2.05, 4.69) is 55.4 Å². The Balaban J connectivity index is 5.24. The van der Waals surface area contributed by atoms with Crippen molar-refractivity contribution in [3.63, 3.8) is 0 Å². The number of aliphatic hydroxyl groups is 1. The molecule has 0 aromatic rings. The highest BCUT2D eigenvalue weighted by molar-refractivity contribution is 7.47. The highest BCUT2D eigenvalue weighted by atomic mass is 31.2. The molecule has 3 N–H and O–H groups in total. The van der Waals surface area contributed by atoms with Crippen molar-refractivity contribution in [3.8, 4) is 0 Å². The maximum atomic E-state index is 13.1. The maximum absolute atomic E-state index is 13.1. The SMILES string of the molecule is CC(C)CCCCCCCCCCCCCCCCCCC(=O)O[C@H](COC(=O)CCCCCCCCCCCCCC(C)C)COP(=O)(O)OCC(O)COP(=O)(O)OC[C@@H](COC(=O)CCCCCCCCCC(C)C)OC(=O)CCCCCCCCCCCCC(C)C. The third-order valence-electron chi connectivity index (χ3n) is 17.8. The van der Waals surface area contributed by atoms with E-state index >= 15 is 0 Å². The van der Waals surface area contributed by atoms with E-state index in [9.17, 15) is 43.2 Å². The molecule has 0 aliphatic rings. The number of aliphatic hydroxyl groups excluding tert-OH is 1. The summed E-state index contributed by atoms with van der Waals surface area (Å²) in [4.78, 5) is 72.8. The molecule has 0 spiro atoms. The highest BCUT2D eigenvalue weighted by Crippen LogP contribution is 2.45. The fraction of sp³-hybridized carbons (Fsp3) is 0.948. The molecule has 17 nitrogen and oxygen atoms in total. The number of carbonyl (C=O) groups excluding carboxylic acids is 4. The molecular weight excluding hydrogens is 1260 g/mol. The molecule has 0 aliphatic carbocycles. The van der Waals surface area contributed by atoms with Crippen molar-refractivity contribution >= 4 is 39.5 Å². The van der Waals surface area contributed by atoms with Crippen LogP contribution in [0.15, 0.2) is 0 Å². The fourth-order valence-electron chi connectivity index (χ4n) is 11.7. The first kappa shape index (κ1) is 94.1. The number of phosphoric acid groups is 2. The summed E-state index contributed by atoms with van der Waals surface area (Å²) >= 11 is 0. The summed E-state index contributed by atoms with van der Waals surface area (Å²) in [6.07, 6.45) is 51.4. The molecule has 96 heavy (non-hydrogen) atoms. The van der Waals surface area contributed by atoms with Crippen molar-refractivity contribution in [2.45, 2.75) is 408 Å². The monoisotopic (exact) mass is 1410 g/mol. The zero-order valence-electron chi connectivity index (χ0n) is 63.0. The second-order valence-electron chi connectivity index (χ2n) is 29.7. The Bertz CT molecular complexity index is 1880. The van der Waals surface area contributed by atoms with Gasteiger partial charge in [-0.1, -0.05) is 338 Å². The van der Waals surface area contributed by atoms with Crippen LogP contribution in [0.3, 0.4) is 0 Å². The van der Waals surface area contributed by atoms with E-state index in [1.54, 1.807) is 0 Å². The van der Waals surface area contributed by atoms with Crippen molar-refractivity contribution in [1.82, 2.24) is 0 Å². The van der Waals surface area contributed by atoms with E-state index in [0.717, 1.165) is 114 Å². The Morgan fingerprint density at radius 2 is 0.438 bits per heavy atom. The Hall–Kier alpha value is -1.94. The molecule has 0 saturated carbocycles. The summed E-state index contributed by atoms with van der Waals surface area (Å²) in [7, 11) is -9.91. The van der Waals surface area contributed by atoms with Crippen LogP contribution in [0, 0.1) is 23.7 Å². The molecule has 0 aromatic heterocycles. The lowest BCUT2D eigenvalue weighted by Crippen LogP contribution is -2.30. The lowest BCUT2D eigenvalue weighted by atomic mass is 10.0. The van der Waals surface area contributed by atoms with Crippen LogP contribution in [0.4, 0.5) is 0 Å². The Morgan fingerprint density at radius 1 is 0.260 bits per heavy atom. The quantitative estimate of drug-likeness (QED) is 0.0222. The summed E-state index contributed by atoms with van der Waals surface area (Å²) in [5, 5.41) is 10.6. The molecule has 0 amide bonds. The van der Waals surface area contributed by atoms with Gasteiger partial charge < -0.3 is 33.8 Å². The molecule has 3 unspecified atom stereocenters. The zero-order chi connectivity index (χ0) is 71.0. The molecule has 0 heterocycles. The smallest absolute Gasteiger partial charge is 0.462 e. The van der Waals surface area contributed by atoms with Gasteiger partial charge in [0.2, 0.25) is 0 Å². The van der Waals surface area contributed by atoms with E-state index in [1.807, 2.05) is 0 Å². The molecular formula is C77H150O17P2. The first-order valence-electron chi connectivity index (χ1n) is 39.7. The molecule has 0 rings (SSSR count). The van der Waals surface area contributed by atoms with Crippen LogP contribution in [0.2, 0.25) is 0 Å². The second-order valence-corrected chi connectivity index (χ2v) is 32.6. The molecule has 19 heteroatoms. The molecule has 0 aliphatic heterocycles. The molecule has 570 valence electrons. The summed E-state index contributed by atoms with van der Waals surface area (Å²) < 4.78 is 68.6. The van der Waals surface area contributed by atoms with Crippen LogP contribution in [-0.4, -0.2) is 96.7 Å². The van der Waals surface area contributed by atoms with Gasteiger partial charge in [0.1, 0.15) is 19.3 Å². The van der Waals surface area contributed by atoms with E-state index < -0.39 is 97.5 Å². The summed E-state index contributed by atoms with van der Waals surface area (Å²) in [6, 6.07) is 0. The summed E-state index contributed by atoms with van der Waals surface area (Å²) in [5.74, 6) is 0.917. The van der Waals surface area contributed by atoms with Gasteiger partial charge in [0.05, 0.1) is 26.4 Å². The number of hydrogen-bond acceptors (Lipinski definition) is 15. The highest BCUT2D eigenvalue weighted by Gasteiger charge is 2.30. The predicted molar refractivity (Wildman–Crippen MR) is 391 cm³/mol. The Morgan fingerprint density at radius 3 is 0.646 bits per heavy atom. The maximum Gasteiger partial charge on any atom is 0.472 e. The lowest BCUT2D eigenvalue weighted by Gasteiger charge is -2.21.